The molecule has 25 heavy (non-hydrogen) atoms. The molecule has 0 aliphatic carbocycles. The number of hydrogen-bond acceptors (Lipinski definition) is 5. The van der Waals surface area contributed by atoms with Crippen molar-refractivity contribution in [2.75, 3.05) is 13.2 Å². The van der Waals surface area contributed by atoms with Gasteiger partial charge in [-0.2, -0.15) is 5.10 Å². The zero-order valence-corrected chi connectivity index (χ0v) is 14.3. The Labute approximate surface area is 146 Å². The Hall–Kier alpha value is -2.57. The van der Waals surface area contributed by atoms with Gasteiger partial charge in [-0.15, -0.1) is 0 Å². The highest BCUT2D eigenvalue weighted by Gasteiger charge is 2.30. The smallest absolute Gasteiger partial charge is 0.201 e. The second-order valence-corrected chi connectivity index (χ2v) is 6.95. The van der Waals surface area contributed by atoms with Crippen LogP contribution >= 0.6 is 0 Å². The molecule has 0 bridgehead atoms. The summed E-state index contributed by atoms with van der Waals surface area (Å²) in [4.78, 5) is 8.82. The van der Waals surface area contributed by atoms with E-state index in [1.807, 2.05) is 36.5 Å². The molecular weight excluding hydrogens is 316 g/mol. The number of aromatic nitrogens is 4. The summed E-state index contributed by atoms with van der Waals surface area (Å²) in [7, 11) is 0. The van der Waals surface area contributed by atoms with Crippen LogP contribution < -0.4 is 0 Å². The Kier molecular flexibility index (Phi) is 4.07. The molecule has 128 valence electrons. The monoisotopic (exact) mass is 336 g/mol. The molecule has 0 aromatic carbocycles. The minimum Gasteiger partial charge on any atom is -0.346 e. The van der Waals surface area contributed by atoms with Gasteiger partial charge in [-0.3, -0.25) is 4.98 Å². The normalized spacial score (nSPS) is 17.5. The molecule has 1 saturated heterocycles. The van der Waals surface area contributed by atoms with E-state index in [0.29, 0.717) is 13.2 Å². The highest BCUT2D eigenvalue weighted by molar-refractivity contribution is 5.57. The highest BCUT2D eigenvalue weighted by atomic mass is 16.7. The van der Waals surface area contributed by atoms with Crippen LogP contribution in [0, 0.1) is 5.41 Å². The maximum absolute atomic E-state index is 5.83. The van der Waals surface area contributed by atoms with Crippen molar-refractivity contribution >= 4 is 0 Å². The van der Waals surface area contributed by atoms with Crippen LogP contribution in [0.15, 0.2) is 55.1 Å². The lowest BCUT2D eigenvalue weighted by Gasteiger charge is -2.34. The molecule has 0 amide bonds. The van der Waals surface area contributed by atoms with E-state index in [2.05, 4.69) is 23.9 Å². The van der Waals surface area contributed by atoms with E-state index >= 15 is 0 Å². The summed E-state index contributed by atoms with van der Waals surface area (Å²) < 4.78 is 13.4. The minimum absolute atomic E-state index is 0.0406. The first-order valence-electron chi connectivity index (χ1n) is 8.26. The lowest BCUT2D eigenvalue weighted by molar-refractivity contribution is -0.227. The van der Waals surface area contributed by atoms with Crippen molar-refractivity contribution in [3.63, 3.8) is 0 Å². The third kappa shape index (κ3) is 3.45. The van der Waals surface area contributed by atoms with E-state index in [1.54, 1.807) is 23.3 Å². The Bertz CT molecular complexity index is 851. The van der Waals surface area contributed by atoms with E-state index in [4.69, 9.17) is 14.5 Å². The van der Waals surface area contributed by atoms with Gasteiger partial charge < -0.3 is 9.47 Å². The second kappa shape index (κ2) is 6.38. The zero-order chi connectivity index (χ0) is 17.3. The summed E-state index contributed by atoms with van der Waals surface area (Å²) in [5.74, 6) is 0. The molecule has 3 aromatic rings. The summed E-state index contributed by atoms with van der Waals surface area (Å²) in [5.41, 5.74) is 3.50. The van der Waals surface area contributed by atoms with Gasteiger partial charge in [0.05, 0.1) is 42.7 Å². The number of hydrogen-bond donors (Lipinski definition) is 0. The largest absolute Gasteiger partial charge is 0.346 e. The molecule has 0 atom stereocenters. The number of ether oxygens (including phenoxy) is 2. The number of rotatable bonds is 3. The van der Waals surface area contributed by atoms with E-state index in [-0.39, 0.29) is 5.41 Å². The van der Waals surface area contributed by atoms with Crippen molar-refractivity contribution in [1.82, 2.24) is 19.7 Å². The fraction of sp³-hybridized carbons (Fsp3) is 0.316. The van der Waals surface area contributed by atoms with Crippen molar-refractivity contribution in [3.05, 3.63) is 60.8 Å². The Morgan fingerprint density at radius 3 is 2.68 bits per heavy atom. The van der Waals surface area contributed by atoms with Gasteiger partial charge in [0.15, 0.2) is 0 Å². The minimum atomic E-state index is -0.415. The molecule has 1 fully saturated rings. The lowest BCUT2D eigenvalue weighted by atomic mass is 9.95. The fourth-order valence-corrected chi connectivity index (χ4v) is 2.69. The number of pyridine rings is 2. The van der Waals surface area contributed by atoms with Crippen LogP contribution in [0.2, 0.25) is 0 Å². The first-order valence-corrected chi connectivity index (χ1v) is 8.26. The first-order chi connectivity index (χ1) is 12.1. The van der Waals surface area contributed by atoms with Crippen LogP contribution in [0.3, 0.4) is 0 Å². The van der Waals surface area contributed by atoms with Gasteiger partial charge in [0.1, 0.15) is 0 Å². The molecule has 4 heterocycles. The van der Waals surface area contributed by atoms with Gasteiger partial charge in [-0.1, -0.05) is 19.9 Å². The average molecular weight is 336 g/mol. The van der Waals surface area contributed by atoms with E-state index in [9.17, 15) is 0 Å². The predicted molar refractivity (Wildman–Crippen MR) is 93.0 cm³/mol. The molecule has 1 aliphatic heterocycles. The first kappa shape index (κ1) is 15.9. The van der Waals surface area contributed by atoms with Gasteiger partial charge in [0.25, 0.3) is 0 Å². The van der Waals surface area contributed by atoms with E-state index in [1.165, 1.54) is 0 Å². The second-order valence-electron chi connectivity index (χ2n) is 6.95. The Balaban J connectivity index is 1.57. The highest BCUT2D eigenvalue weighted by Crippen LogP contribution is 2.31. The SMILES string of the molecule is CC1(C)COC(c2cccc(-c3cnn(-c4cccnc4)c3)n2)OC1. The van der Waals surface area contributed by atoms with Crippen molar-refractivity contribution in [2.45, 2.75) is 20.1 Å². The summed E-state index contributed by atoms with van der Waals surface area (Å²) in [5, 5.41) is 4.40. The van der Waals surface area contributed by atoms with E-state index < -0.39 is 6.29 Å². The molecule has 1 aliphatic rings. The fourth-order valence-electron chi connectivity index (χ4n) is 2.69. The van der Waals surface area contributed by atoms with Crippen LogP contribution in [-0.2, 0) is 9.47 Å². The zero-order valence-electron chi connectivity index (χ0n) is 14.3. The van der Waals surface area contributed by atoms with Crippen LogP contribution in [-0.4, -0.2) is 33.0 Å². The molecule has 3 aromatic heterocycles. The topological polar surface area (TPSA) is 62.1 Å². The average Bonchev–Trinajstić information content (AvgIpc) is 3.13. The molecule has 4 rings (SSSR count). The van der Waals surface area contributed by atoms with Crippen LogP contribution in [0.25, 0.3) is 16.9 Å². The molecule has 0 spiro atoms. The van der Waals surface area contributed by atoms with Crippen molar-refractivity contribution in [1.29, 1.82) is 0 Å². The Morgan fingerprint density at radius 2 is 1.92 bits per heavy atom. The van der Waals surface area contributed by atoms with Gasteiger partial charge in [-0.05, 0) is 24.3 Å². The van der Waals surface area contributed by atoms with Gasteiger partial charge in [0, 0.05) is 23.4 Å². The molecule has 6 nitrogen and oxygen atoms in total. The van der Waals surface area contributed by atoms with E-state index in [0.717, 1.165) is 22.6 Å². The predicted octanol–water partition coefficient (Wildman–Crippen LogP) is 3.40. The Morgan fingerprint density at radius 1 is 1.08 bits per heavy atom. The summed E-state index contributed by atoms with van der Waals surface area (Å²) in [6, 6.07) is 9.69. The maximum atomic E-state index is 5.83. The molecule has 0 unspecified atom stereocenters. The summed E-state index contributed by atoms with van der Waals surface area (Å²) in [6.07, 6.45) is 6.83. The van der Waals surface area contributed by atoms with Crippen LogP contribution in [0.4, 0.5) is 0 Å². The van der Waals surface area contributed by atoms with Gasteiger partial charge in [0.2, 0.25) is 6.29 Å². The van der Waals surface area contributed by atoms with Crippen molar-refractivity contribution < 1.29 is 9.47 Å². The lowest BCUT2D eigenvalue weighted by Crippen LogP contribution is -2.34. The molecule has 0 radical (unpaired) electrons. The van der Waals surface area contributed by atoms with Crippen LogP contribution in [0.1, 0.15) is 25.8 Å². The third-order valence-electron chi connectivity index (χ3n) is 4.05. The molecule has 6 heteroatoms. The molecular formula is C19H20N4O2. The van der Waals surface area contributed by atoms with Crippen molar-refractivity contribution in [3.8, 4) is 16.9 Å². The number of nitrogens with zero attached hydrogens (tertiary/aromatic N) is 4. The summed E-state index contributed by atoms with van der Waals surface area (Å²) in [6.45, 7) is 5.56. The van der Waals surface area contributed by atoms with Gasteiger partial charge >= 0.3 is 0 Å². The van der Waals surface area contributed by atoms with Crippen LogP contribution in [0.5, 0.6) is 0 Å². The summed E-state index contributed by atoms with van der Waals surface area (Å²) >= 11 is 0. The molecule has 0 N–H and O–H groups in total. The third-order valence-corrected chi connectivity index (χ3v) is 4.05. The maximum Gasteiger partial charge on any atom is 0.201 e. The quantitative estimate of drug-likeness (QED) is 0.733. The molecule has 0 saturated carbocycles. The standard InChI is InChI=1S/C19H20N4O2/c1-19(2)12-24-18(25-13-19)17-7-3-6-16(22-17)14-9-21-23(11-14)15-5-4-8-20-10-15/h3-11,18H,12-13H2,1-2H3. The van der Waals surface area contributed by atoms with Crippen molar-refractivity contribution in [2.24, 2.45) is 5.41 Å². The van der Waals surface area contributed by atoms with Gasteiger partial charge in [-0.25, -0.2) is 9.67 Å².